The molecule has 0 atom stereocenters. The summed E-state index contributed by atoms with van der Waals surface area (Å²) in [6, 6.07) is 6.02. The molecule has 1 aromatic carbocycles. The Hall–Kier alpha value is -1.57. The summed E-state index contributed by atoms with van der Waals surface area (Å²) in [5.41, 5.74) is 4.47. The number of aryl methyl sites for hydroxylation is 2. The van der Waals surface area contributed by atoms with E-state index in [2.05, 4.69) is 18.0 Å². The topological polar surface area (TPSA) is 29.1 Å². The van der Waals surface area contributed by atoms with Gasteiger partial charge in [-0.25, -0.2) is 0 Å². The molecule has 1 aliphatic rings. The molecule has 0 heterocycles. The minimum atomic E-state index is -0.00213. The molecular formula is C14H17NO. The van der Waals surface area contributed by atoms with Gasteiger partial charge in [0.1, 0.15) is 0 Å². The number of benzene rings is 1. The lowest BCUT2D eigenvalue weighted by Crippen LogP contribution is -2.24. The monoisotopic (exact) mass is 215 g/mol. The van der Waals surface area contributed by atoms with Crippen molar-refractivity contribution in [3.05, 3.63) is 47.0 Å². The molecule has 0 aliphatic heterocycles. The molecule has 16 heavy (non-hydrogen) atoms. The predicted molar refractivity (Wildman–Crippen MR) is 65.6 cm³/mol. The Morgan fingerprint density at radius 2 is 2.12 bits per heavy atom. The number of nitrogens with one attached hydrogen (secondary N) is 1. The molecule has 1 aliphatic carbocycles. The second-order valence-corrected chi connectivity index (χ2v) is 4.48. The number of hydrogen-bond acceptors (Lipinski definition) is 1. The maximum Gasteiger partial charge on any atom is 0.251 e. The van der Waals surface area contributed by atoms with Crippen molar-refractivity contribution in [2.24, 2.45) is 0 Å². The van der Waals surface area contributed by atoms with Gasteiger partial charge in [-0.15, -0.1) is 0 Å². The summed E-state index contributed by atoms with van der Waals surface area (Å²) in [5, 5.41) is 2.85. The van der Waals surface area contributed by atoms with Crippen LogP contribution in [0.25, 0.3) is 0 Å². The lowest BCUT2D eigenvalue weighted by atomic mass is 10.1. The second kappa shape index (κ2) is 4.52. The molecule has 0 aromatic heterocycles. The lowest BCUT2D eigenvalue weighted by molar-refractivity contribution is 0.0957. The largest absolute Gasteiger partial charge is 0.348 e. The average molecular weight is 215 g/mol. The fraction of sp³-hybridized carbons (Fsp3) is 0.357. The Labute approximate surface area is 96.4 Å². The van der Waals surface area contributed by atoms with Gasteiger partial charge in [-0.05, 0) is 49.4 Å². The van der Waals surface area contributed by atoms with E-state index in [4.69, 9.17) is 0 Å². The van der Waals surface area contributed by atoms with E-state index < -0.39 is 0 Å². The smallest absolute Gasteiger partial charge is 0.251 e. The van der Waals surface area contributed by atoms with Crippen molar-refractivity contribution < 1.29 is 4.79 Å². The van der Waals surface area contributed by atoms with E-state index in [9.17, 15) is 4.79 Å². The summed E-state index contributed by atoms with van der Waals surface area (Å²) < 4.78 is 0. The van der Waals surface area contributed by atoms with Crippen LogP contribution in [0.1, 0.15) is 34.8 Å². The molecule has 0 spiro atoms. The van der Waals surface area contributed by atoms with Crippen LogP contribution in [0.2, 0.25) is 0 Å². The van der Waals surface area contributed by atoms with Gasteiger partial charge in [-0.1, -0.05) is 18.2 Å². The first kappa shape index (κ1) is 10.9. The summed E-state index contributed by atoms with van der Waals surface area (Å²) >= 11 is 0. The number of fused-ring (bicyclic) bond motifs is 1. The minimum absolute atomic E-state index is 0.00213. The second-order valence-electron chi connectivity index (χ2n) is 4.48. The van der Waals surface area contributed by atoms with Gasteiger partial charge in [-0.3, -0.25) is 4.79 Å². The summed E-state index contributed by atoms with van der Waals surface area (Å²) in [4.78, 5) is 11.8. The SMILES string of the molecule is C=C(C)CNC(=O)c1ccc2c(c1)CCC2. The van der Waals surface area contributed by atoms with Crippen LogP contribution in [0.4, 0.5) is 0 Å². The average Bonchev–Trinajstić information content (AvgIpc) is 2.72. The van der Waals surface area contributed by atoms with E-state index in [0.717, 1.165) is 24.0 Å². The highest BCUT2D eigenvalue weighted by Gasteiger charge is 2.13. The van der Waals surface area contributed by atoms with Gasteiger partial charge in [0.15, 0.2) is 0 Å². The van der Waals surface area contributed by atoms with Gasteiger partial charge >= 0.3 is 0 Å². The summed E-state index contributed by atoms with van der Waals surface area (Å²) in [6.07, 6.45) is 3.48. The molecule has 2 heteroatoms. The molecule has 2 nitrogen and oxygen atoms in total. The summed E-state index contributed by atoms with van der Waals surface area (Å²) in [5.74, 6) is -0.00213. The first-order valence-electron chi connectivity index (χ1n) is 5.71. The third-order valence-corrected chi connectivity index (χ3v) is 2.91. The van der Waals surface area contributed by atoms with Crippen LogP contribution >= 0.6 is 0 Å². The highest BCUT2D eigenvalue weighted by Crippen LogP contribution is 2.22. The third-order valence-electron chi connectivity index (χ3n) is 2.91. The normalized spacial score (nSPS) is 13.3. The molecule has 0 saturated carbocycles. The first-order chi connectivity index (χ1) is 7.66. The molecule has 84 valence electrons. The van der Waals surface area contributed by atoms with E-state index in [1.165, 1.54) is 17.5 Å². The number of carbonyl (C=O) groups excluding carboxylic acids is 1. The Morgan fingerprint density at radius 3 is 2.88 bits per heavy atom. The molecule has 0 bridgehead atoms. The van der Waals surface area contributed by atoms with E-state index in [1.54, 1.807) is 0 Å². The van der Waals surface area contributed by atoms with Gasteiger partial charge in [-0.2, -0.15) is 0 Å². The fourth-order valence-electron chi connectivity index (χ4n) is 2.05. The lowest BCUT2D eigenvalue weighted by Gasteiger charge is -2.06. The van der Waals surface area contributed by atoms with Gasteiger partial charge < -0.3 is 5.32 Å². The van der Waals surface area contributed by atoms with Crippen LogP contribution in [-0.2, 0) is 12.8 Å². The molecule has 0 fully saturated rings. The van der Waals surface area contributed by atoms with Crippen LogP contribution in [0, 0.1) is 0 Å². The highest BCUT2D eigenvalue weighted by molar-refractivity contribution is 5.94. The van der Waals surface area contributed by atoms with Crippen molar-refractivity contribution in [3.8, 4) is 0 Å². The van der Waals surface area contributed by atoms with Crippen LogP contribution in [0.15, 0.2) is 30.4 Å². The number of rotatable bonds is 3. The van der Waals surface area contributed by atoms with Crippen molar-refractivity contribution in [1.82, 2.24) is 5.32 Å². The van der Waals surface area contributed by atoms with E-state index in [1.807, 2.05) is 19.1 Å². The number of hydrogen-bond donors (Lipinski definition) is 1. The molecule has 0 unspecified atom stereocenters. The van der Waals surface area contributed by atoms with Gasteiger partial charge in [0.2, 0.25) is 0 Å². The number of amides is 1. The molecular weight excluding hydrogens is 198 g/mol. The van der Waals surface area contributed by atoms with Gasteiger partial charge in [0.05, 0.1) is 0 Å². The zero-order valence-electron chi connectivity index (χ0n) is 9.68. The zero-order valence-corrected chi connectivity index (χ0v) is 9.68. The zero-order chi connectivity index (χ0) is 11.5. The quantitative estimate of drug-likeness (QED) is 0.771. The maximum absolute atomic E-state index is 11.8. The summed E-state index contributed by atoms with van der Waals surface area (Å²) in [6.45, 7) is 6.22. The van der Waals surface area contributed by atoms with E-state index in [0.29, 0.717) is 6.54 Å². The fourth-order valence-corrected chi connectivity index (χ4v) is 2.05. The van der Waals surface area contributed by atoms with Crippen LogP contribution in [0.3, 0.4) is 0 Å². The Balaban J connectivity index is 2.09. The van der Waals surface area contributed by atoms with E-state index in [-0.39, 0.29) is 5.91 Å². The Kier molecular flexibility index (Phi) is 3.09. The van der Waals surface area contributed by atoms with Gasteiger partial charge in [0, 0.05) is 12.1 Å². The standard InChI is InChI=1S/C14H17NO/c1-10(2)9-15-14(16)13-7-6-11-4-3-5-12(11)8-13/h6-8H,1,3-5,9H2,2H3,(H,15,16). The van der Waals surface area contributed by atoms with Crippen LogP contribution < -0.4 is 5.32 Å². The third kappa shape index (κ3) is 2.32. The number of carbonyl (C=O) groups is 1. The van der Waals surface area contributed by atoms with Crippen LogP contribution in [-0.4, -0.2) is 12.5 Å². The molecule has 1 aromatic rings. The van der Waals surface area contributed by atoms with Crippen molar-refractivity contribution in [3.63, 3.8) is 0 Å². The van der Waals surface area contributed by atoms with Crippen molar-refractivity contribution in [2.75, 3.05) is 6.54 Å². The predicted octanol–water partition coefficient (Wildman–Crippen LogP) is 2.48. The molecule has 0 saturated heterocycles. The van der Waals surface area contributed by atoms with Crippen molar-refractivity contribution in [2.45, 2.75) is 26.2 Å². The highest BCUT2D eigenvalue weighted by atomic mass is 16.1. The minimum Gasteiger partial charge on any atom is -0.348 e. The Morgan fingerprint density at radius 1 is 1.38 bits per heavy atom. The van der Waals surface area contributed by atoms with Crippen molar-refractivity contribution in [1.29, 1.82) is 0 Å². The molecule has 0 radical (unpaired) electrons. The molecule has 1 amide bonds. The molecule has 2 rings (SSSR count). The van der Waals surface area contributed by atoms with Crippen LogP contribution in [0.5, 0.6) is 0 Å². The maximum atomic E-state index is 11.8. The molecule has 1 N–H and O–H groups in total. The first-order valence-corrected chi connectivity index (χ1v) is 5.71. The Bertz CT molecular complexity index is 434. The van der Waals surface area contributed by atoms with Crippen molar-refractivity contribution >= 4 is 5.91 Å². The summed E-state index contributed by atoms with van der Waals surface area (Å²) in [7, 11) is 0. The van der Waals surface area contributed by atoms with E-state index >= 15 is 0 Å². The van der Waals surface area contributed by atoms with Gasteiger partial charge in [0.25, 0.3) is 5.91 Å².